The van der Waals surface area contributed by atoms with Gasteiger partial charge in [0.25, 0.3) is 0 Å². The van der Waals surface area contributed by atoms with Crippen molar-refractivity contribution in [2.24, 2.45) is 5.73 Å². The van der Waals surface area contributed by atoms with E-state index >= 15 is 0 Å². The molecule has 0 radical (unpaired) electrons. The van der Waals surface area contributed by atoms with Crippen LogP contribution in [0.1, 0.15) is 28.3 Å². The smallest absolute Gasteiger partial charge is 0.433 e. The molecule has 0 fully saturated rings. The number of nitrogens with two attached hydrogens (primary N) is 1. The molecule has 3 aromatic rings. The molecule has 0 spiro atoms. The zero-order chi connectivity index (χ0) is 23.4. The van der Waals surface area contributed by atoms with Crippen LogP contribution in [0.5, 0.6) is 5.75 Å². The van der Waals surface area contributed by atoms with E-state index in [-0.39, 0.29) is 31.4 Å². The highest BCUT2D eigenvalue weighted by Crippen LogP contribution is 2.32. The maximum Gasteiger partial charge on any atom is 0.433 e. The van der Waals surface area contributed by atoms with Crippen LogP contribution in [-0.2, 0) is 23.8 Å². The summed E-state index contributed by atoms with van der Waals surface area (Å²) >= 11 is 0. The molecule has 4 rings (SSSR count). The van der Waals surface area contributed by atoms with Crippen molar-refractivity contribution in [2.45, 2.75) is 24.9 Å². The minimum atomic E-state index is -4.49. The van der Waals surface area contributed by atoms with Crippen molar-refractivity contribution in [1.29, 1.82) is 0 Å². The van der Waals surface area contributed by atoms with E-state index in [1.807, 2.05) is 48.5 Å². The minimum absolute atomic E-state index is 0. The van der Waals surface area contributed by atoms with Crippen LogP contribution < -0.4 is 15.4 Å². The molecule has 0 saturated heterocycles. The Bertz CT molecular complexity index is 1110. The third-order valence-corrected chi connectivity index (χ3v) is 5.73. The lowest BCUT2D eigenvalue weighted by Gasteiger charge is -2.28. The molecule has 0 unspecified atom stereocenters. The van der Waals surface area contributed by atoms with Crippen molar-refractivity contribution in [1.82, 2.24) is 4.98 Å². The first-order chi connectivity index (χ1) is 15.9. The van der Waals surface area contributed by atoms with Gasteiger partial charge in [0.15, 0.2) is 0 Å². The van der Waals surface area contributed by atoms with Gasteiger partial charge < -0.3 is 15.4 Å². The minimum Gasteiger partial charge on any atom is -0.493 e. The molecule has 2 heterocycles. The van der Waals surface area contributed by atoms with E-state index in [4.69, 9.17) is 10.5 Å². The number of amides is 1. The highest BCUT2D eigenvalue weighted by Gasteiger charge is 2.32. The van der Waals surface area contributed by atoms with Gasteiger partial charge in [-0.2, -0.15) is 13.2 Å². The first kappa shape index (κ1) is 25.5. The van der Waals surface area contributed by atoms with E-state index in [2.05, 4.69) is 4.98 Å². The highest BCUT2D eigenvalue weighted by atomic mass is 35.5. The van der Waals surface area contributed by atoms with Gasteiger partial charge >= 0.3 is 6.18 Å². The fraction of sp³-hybridized carbons (Fsp3) is 0.280. The summed E-state index contributed by atoms with van der Waals surface area (Å²) in [7, 11) is 0. The number of carbonyl (C=O) groups excluding carboxylic acids is 1. The van der Waals surface area contributed by atoms with E-state index in [0.717, 1.165) is 29.4 Å². The Morgan fingerprint density at radius 3 is 2.53 bits per heavy atom. The lowest BCUT2D eigenvalue weighted by atomic mass is 9.97. The first-order valence-corrected chi connectivity index (χ1v) is 10.7. The largest absolute Gasteiger partial charge is 0.493 e. The van der Waals surface area contributed by atoms with Crippen molar-refractivity contribution < 1.29 is 22.7 Å². The van der Waals surface area contributed by atoms with Crippen LogP contribution in [0.15, 0.2) is 66.9 Å². The standard InChI is InChI=1S/C25H24F3N3O2.ClH/c26-25(27,28)23-9-6-17(16-30-23)10-12-31(20-8-7-19-11-13-33-22(19)14-20)24(32)21(15-29)18-4-2-1-3-5-18;/h1-9,14,16,21H,10-13,15,29H2;1H/t21-;/m1./s1. The second kappa shape index (κ2) is 10.9. The molecule has 5 nitrogen and oxygen atoms in total. The summed E-state index contributed by atoms with van der Waals surface area (Å²) < 4.78 is 44.1. The van der Waals surface area contributed by atoms with Crippen LogP contribution in [0, 0.1) is 0 Å². The number of anilines is 1. The Labute approximate surface area is 202 Å². The van der Waals surface area contributed by atoms with Crippen LogP contribution in [0.25, 0.3) is 0 Å². The average Bonchev–Trinajstić information content (AvgIpc) is 3.28. The quantitative estimate of drug-likeness (QED) is 0.516. The predicted octanol–water partition coefficient (Wildman–Crippen LogP) is 4.78. The zero-order valence-corrected chi connectivity index (χ0v) is 19.1. The number of rotatable bonds is 7. The fourth-order valence-electron chi connectivity index (χ4n) is 3.92. The van der Waals surface area contributed by atoms with Gasteiger partial charge in [-0.3, -0.25) is 9.78 Å². The second-order valence-electron chi connectivity index (χ2n) is 7.88. The fourth-order valence-corrected chi connectivity index (χ4v) is 3.92. The molecule has 1 aliphatic heterocycles. The first-order valence-electron chi connectivity index (χ1n) is 10.7. The maximum absolute atomic E-state index is 13.6. The van der Waals surface area contributed by atoms with Gasteiger partial charge in [-0.25, -0.2) is 0 Å². The van der Waals surface area contributed by atoms with Crippen LogP contribution in [0.4, 0.5) is 18.9 Å². The number of fused-ring (bicyclic) bond motifs is 1. The summed E-state index contributed by atoms with van der Waals surface area (Å²) in [6.07, 6.45) is -2.14. The van der Waals surface area contributed by atoms with Gasteiger partial charge in [-0.15, -0.1) is 12.4 Å². The Kier molecular flexibility index (Phi) is 8.17. The Morgan fingerprint density at radius 1 is 1.12 bits per heavy atom. The van der Waals surface area contributed by atoms with Gasteiger partial charge in [-0.1, -0.05) is 42.5 Å². The van der Waals surface area contributed by atoms with Crippen molar-refractivity contribution in [3.63, 3.8) is 0 Å². The molecular weight excluding hydrogens is 467 g/mol. The molecule has 1 amide bonds. The Balaban J connectivity index is 0.00000324. The number of alkyl halides is 3. The number of nitrogens with zero attached hydrogens (tertiary/aromatic N) is 2. The van der Waals surface area contributed by atoms with Gasteiger partial charge in [0.1, 0.15) is 11.4 Å². The summed E-state index contributed by atoms with van der Waals surface area (Å²) in [6.45, 7) is 0.982. The number of halogens is 4. The average molecular weight is 492 g/mol. The number of hydrogen-bond donors (Lipinski definition) is 1. The number of benzene rings is 2. The Morgan fingerprint density at radius 2 is 1.88 bits per heavy atom. The molecule has 0 bridgehead atoms. The predicted molar refractivity (Wildman–Crippen MR) is 126 cm³/mol. The second-order valence-corrected chi connectivity index (χ2v) is 7.88. The molecule has 1 aromatic heterocycles. The van der Waals surface area contributed by atoms with Gasteiger partial charge in [0.2, 0.25) is 5.91 Å². The van der Waals surface area contributed by atoms with Crippen LogP contribution in [-0.4, -0.2) is 30.6 Å². The third-order valence-electron chi connectivity index (χ3n) is 5.73. The Hall–Kier alpha value is -3.10. The summed E-state index contributed by atoms with van der Waals surface area (Å²) in [5, 5.41) is 0. The highest BCUT2D eigenvalue weighted by molar-refractivity contribution is 5.98. The van der Waals surface area contributed by atoms with Crippen LogP contribution >= 0.6 is 12.4 Å². The maximum atomic E-state index is 13.6. The number of aromatic nitrogens is 1. The van der Waals surface area contributed by atoms with E-state index in [0.29, 0.717) is 24.3 Å². The van der Waals surface area contributed by atoms with Crippen LogP contribution in [0.3, 0.4) is 0 Å². The number of carbonyl (C=O) groups is 1. The van der Waals surface area contributed by atoms with E-state index in [9.17, 15) is 18.0 Å². The molecular formula is C25H25ClF3N3O2. The van der Waals surface area contributed by atoms with Crippen molar-refractivity contribution in [3.05, 3.63) is 89.2 Å². The van der Waals surface area contributed by atoms with E-state index in [1.54, 1.807) is 4.90 Å². The van der Waals surface area contributed by atoms with Crippen molar-refractivity contribution in [3.8, 4) is 5.75 Å². The third kappa shape index (κ3) is 5.69. The monoisotopic (exact) mass is 491 g/mol. The molecule has 9 heteroatoms. The van der Waals surface area contributed by atoms with Gasteiger partial charge in [0, 0.05) is 37.5 Å². The molecule has 1 atom stereocenters. The summed E-state index contributed by atoms with van der Waals surface area (Å²) in [5.41, 5.74) is 8.20. The summed E-state index contributed by atoms with van der Waals surface area (Å²) in [6, 6.07) is 17.3. The van der Waals surface area contributed by atoms with Crippen molar-refractivity contribution in [2.75, 3.05) is 24.6 Å². The van der Waals surface area contributed by atoms with Crippen LogP contribution in [0.2, 0.25) is 0 Å². The summed E-state index contributed by atoms with van der Waals surface area (Å²) in [4.78, 5) is 18.8. The normalized spacial score (nSPS) is 13.4. The molecule has 0 saturated carbocycles. The molecule has 2 aromatic carbocycles. The number of hydrogen-bond acceptors (Lipinski definition) is 4. The van der Waals surface area contributed by atoms with Crippen molar-refractivity contribution >= 4 is 24.0 Å². The SMILES string of the molecule is Cl.NC[C@@H](C(=O)N(CCc1ccc(C(F)(F)F)nc1)c1ccc2c(c1)OCC2)c1ccccc1. The molecule has 1 aliphatic rings. The summed E-state index contributed by atoms with van der Waals surface area (Å²) in [5.74, 6) is 0.0122. The topological polar surface area (TPSA) is 68.5 Å². The van der Waals surface area contributed by atoms with E-state index in [1.165, 1.54) is 12.3 Å². The number of pyridine rings is 1. The van der Waals surface area contributed by atoms with E-state index < -0.39 is 17.8 Å². The number of ether oxygens (including phenoxy) is 1. The van der Waals surface area contributed by atoms with Gasteiger partial charge in [-0.05, 0) is 35.2 Å². The lowest BCUT2D eigenvalue weighted by Crippen LogP contribution is -2.39. The van der Waals surface area contributed by atoms with Gasteiger partial charge in [0.05, 0.1) is 12.5 Å². The molecule has 34 heavy (non-hydrogen) atoms. The zero-order valence-electron chi connectivity index (χ0n) is 18.3. The lowest BCUT2D eigenvalue weighted by molar-refractivity contribution is -0.141. The molecule has 2 N–H and O–H groups in total. The molecule has 0 aliphatic carbocycles. The molecule has 180 valence electrons.